The Bertz CT molecular complexity index is 2250. The Balaban J connectivity index is 1.39. The number of aliphatic hydroxyl groups excluding tert-OH is 1. The molecule has 6 aromatic rings. The van der Waals surface area contributed by atoms with Crippen LogP contribution < -0.4 is 4.74 Å². The van der Waals surface area contributed by atoms with Gasteiger partial charge in [-0.3, -0.25) is 0 Å². The van der Waals surface area contributed by atoms with E-state index in [4.69, 9.17) is 9.72 Å². The number of aliphatic hydroxyl groups is 1. The highest BCUT2D eigenvalue weighted by molar-refractivity contribution is 9.10. The third kappa shape index (κ3) is 5.77. The van der Waals surface area contributed by atoms with Gasteiger partial charge in [0.25, 0.3) is 10.0 Å². The molecule has 0 aliphatic rings. The highest BCUT2D eigenvalue weighted by Crippen LogP contribution is 2.39. The molecule has 1 unspecified atom stereocenters. The van der Waals surface area contributed by atoms with Crippen molar-refractivity contribution in [2.75, 3.05) is 0 Å². The monoisotopic (exact) mass is 718 g/mol. The normalized spacial score (nSPS) is 13.1. The molecule has 0 saturated heterocycles. The maximum atomic E-state index is 15.7. The fourth-order valence-electron chi connectivity index (χ4n) is 5.63. The maximum absolute atomic E-state index is 15.7. The van der Waals surface area contributed by atoms with Gasteiger partial charge in [-0.25, -0.2) is 30.8 Å². The van der Waals surface area contributed by atoms with Gasteiger partial charge in [-0.1, -0.05) is 52.3 Å². The van der Waals surface area contributed by atoms with E-state index < -0.39 is 33.7 Å². The van der Waals surface area contributed by atoms with Crippen molar-refractivity contribution in [1.82, 2.24) is 18.7 Å². The minimum absolute atomic E-state index is 0.0241. The van der Waals surface area contributed by atoms with Crippen molar-refractivity contribution in [3.05, 3.63) is 137 Å². The smallest absolute Gasteiger partial charge is 0.268 e. The quantitative estimate of drug-likeness (QED) is 0.145. The third-order valence-corrected chi connectivity index (χ3v) is 10.3. The molecule has 0 bridgehead atoms. The molecule has 0 fully saturated rings. The first-order chi connectivity index (χ1) is 22.5. The summed E-state index contributed by atoms with van der Waals surface area (Å²) in [6.07, 6.45) is 3.59. The Hall–Kier alpha value is -4.65. The van der Waals surface area contributed by atoms with E-state index in [1.165, 1.54) is 47.3 Å². The molecular weight excluding hydrogens is 690 g/mol. The lowest BCUT2D eigenvalue weighted by Crippen LogP contribution is -2.25. The second-order valence-electron chi connectivity index (χ2n) is 11.1. The lowest BCUT2D eigenvalue weighted by Gasteiger charge is -2.26. The number of aromatic nitrogens is 4. The minimum Gasteiger partial charge on any atom is -0.454 e. The van der Waals surface area contributed by atoms with Gasteiger partial charge in [-0.05, 0) is 67.4 Å². The SMILES string of the molecule is C=CCC(C)(c1cccc(Br)c1)c1nc(-c2cc(Oc3c(F)cc4c(ccn4S(=O)(=O)c4ccccc4)c3CO)ccc2F)n(C)n1. The summed E-state index contributed by atoms with van der Waals surface area (Å²) in [5.41, 5.74) is 0.385. The highest BCUT2D eigenvalue weighted by Gasteiger charge is 2.34. The predicted molar refractivity (Wildman–Crippen MR) is 179 cm³/mol. The van der Waals surface area contributed by atoms with Gasteiger partial charge in [-0.15, -0.1) is 6.58 Å². The maximum Gasteiger partial charge on any atom is 0.268 e. The first-order valence-corrected chi connectivity index (χ1v) is 16.7. The van der Waals surface area contributed by atoms with Crippen molar-refractivity contribution in [2.45, 2.75) is 30.3 Å². The second-order valence-corrected chi connectivity index (χ2v) is 13.9. The van der Waals surface area contributed by atoms with Crippen LogP contribution in [-0.2, 0) is 29.1 Å². The molecule has 0 spiro atoms. The van der Waals surface area contributed by atoms with Crippen LogP contribution in [0.15, 0.2) is 113 Å². The fourth-order valence-corrected chi connectivity index (χ4v) is 7.39. The van der Waals surface area contributed by atoms with Crippen LogP contribution in [0.5, 0.6) is 11.5 Å². The van der Waals surface area contributed by atoms with Crippen LogP contribution in [0.3, 0.4) is 0 Å². The van der Waals surface area contributed by atoms with Crippen LogP contribution in [0.2, 0.25) is 0 Å². The summed E-state index contributed by atoms with van der Waals surface area (Å²) in [5.74, 6) is -1.10. The number of hydrogen-bond donors (Lipinski definition) is 1. The molecule has 0 radical (unpaired) electrons. The standard InChI is InChI=1S/C35H29BrF2N4O4S/c1-4-16-35(2,22-9-8-10-23(36)18-22)34-39-33(41(3)40-34)27-19-24(13-14-29(27)37)46-32-28(21-43)26-15-17-42(31(26)20-30(32)38)47(44,45)25-11-6-5-7-12-25/h4-15,17-20,43H,1,16,21H2,2-3H3. The molecule has 12 heteroatoms. The molecule has 0 aliphatic heterocycles. The number of hydrogen-bond acceptors (Lipinski definition) is 6. The first-order valence-electron chi connectivity index (χ1n) is 14.5. The Labute approximate surface area is 278 Å². The van der Waals surface area contributed by atoms with Crippen molar-refractivity contribution in [2.24, 2.45) is 7.05 Å². The molecule has 0 saturated carbocycles. The van der Waals surface area contributed by atoms with Crippen LogP contribution in [0, 0.1) is 11.6 Å². The van der Waals surface area contributed by atoms with Crippen LogP contribution in [0.1, 0.15) is 30.3 Å². The number of nitrogens with zero attached hydrogens (tertiary/aromatic N) is 4. The molecule has 0 amide bonds. The zero-order valence-corrected chi connectivity index (χ0v) is 27.8. The molecule has 6 rings (SSSR count). The van der Waals surface area contributed by atoms with E-state index in [1.54, 1.807) is 31.3 Å². The molecule has 2 heterocycles. The number of rotatable bonds is 10. The summed E-state index contributed by atoms with van der Waals surface area (Å²) < 4.78 is 66.9. The summed E-state index contributed by atoms with van der Waals surface area (Å²) in [6, 6.07) is 21.9. The van der Waals surface area contributed by atoms with Crippen molar-refractivity contribution in [3.63, 3.8) is 0 Å². The average Bonchev–Trinajstić information content (AvgIpc) is 3.67. The van der Waals surface area contributed by atoms with E-state index in [1.807, 2.05) is 31.2 Å². The van der Waals surface area contributed by atoms with Gasteiger partial charge in [0.05, 0.1) is 28.0 Å². The summed E-state index contributed by atoms with van der Waals surface area (Å²) in [7, 11) is -2.40. The summed E-state index contributed by atoms with van der Waals surface area (Å²) in [6.45, 7) is 5.24. The van der Waals surface area contributed by atoms with Crippen LogP contribution in [-0.4, -0.2) is 32.3 Å². The molecular formula is C35H29BrF2N4O4S. The van der Waals surface area contributed by atoms with E-state index in [2.05, 4.69) is 27.6 Å². The van der Waals surface area contributed by atoms with Crippen molar-refractivity contribution in [1.29, 1.82) is 0 Å². The zero-order chi connectivity index (χ0) is 33.5. The van der Waals surface area contributed by atoms with Gasteiger partial charge in [0.2, 0.25) is 0 Å². The van der Waals surface area contributed by atoms with Crippen LogP contribution >= 0.6 is 15.9 Å². The predicted octanol–water partition coefficient (Wildman–Crippen LogP) is 7.88. The molecule has 1 N–H and O–H groups in total. The summed E-state index contributed by atoms with van der Waals surface area (Å²) in [4.78, 5) is 4.77. The number of allylic oxidation sites excluding steroid dienone is 1. The Kier molecular flexibility index (Phi) is 8.60. The molecule has 240 valence electrons. The van der Waals surface area contributed by atoms with Crippen LogP contribution in [0.4, 0.5) is 8.78 Å². The lowest BCUT2D eigenvalue weighted by molar-refractivity contribution is 0.276. The van der Waals surface area contributed by atoms with Gasteiger partial charge in [0.15, 0.2) is 23.2 Å². The number of fused-ring (bicyclic) bond motifs is 1. The largest absolute Gasteiger partial charge is 0.454 e. The van der Waals surface area contributed by atoms with E-state index in [-0.39, 0.29) is 44.2 Å². The molecule has 2 aromatic heterocycles. The van der Waals surface area contributed by atoms with Gasteiger partial charge in [-0.2, -0.15) is 5.10 Å². The topological polar surface area (TPSA) is 99.2 Å². The Morgan fingerprint density at radius 1 is 1.02 bits per heavy atom. The van der Waals surface area contributed by atoms with Gasteiger partial charge < -0.3 is 9.84 Å². The van der Waals surface area contributed by atoms with Crippen molar-refractivity contribution >= 4 is 36.9 Å². The van der Waals surface area contributed by atoms with E-state index in [0.717, 1.165) is 20.1 Å². The summed E-state index contributed by atoms with van der Waals surface area (Å²) >= 11 is 3.52. The van der Waals surface area contributed by atoms with Gasteiger partial charge >= 0.3 is 0 Å². The zero-order valence-electron chi connectivity index (χ0n) is 25.4. The lowest BCUT2D eigenvalue weighted by atomic mass is 9.79. The van der Waals surface area contributed by atoms with Crippen molar-refractivity contribution < 1.29 is 27.0 Å². The molecule has 0 aliphatic carbocycles. The minimum atomic E-state index is -4.05. The Morgan fingerprint density at radius 3 is 2.49 bits per heavy atom. The van der Waals surface area contributed by atoms with E-state index in [0.29, 0.717) is 12.2 Å². The molecule has 8 nitrogen and oxygen atoms in total. The fraction of sp³-hybridized carbons (Fsp3) is 0.143. The molecule has 4 aromatic carbocycles. The Morgan fingerprint density at radius 2 is 1.79 bits per heavy atom. The first kappa shape index (κ1) is 32.3. The summed E-state index contributed by atoms with van der Waals surface area (Å²) in [5, 5.41) is 15.2. The van der Waals surface area contributed by atoms with Gasteiger partial charge in [0, 0.05) is 34.7 Å². The van der Waals surface area contributed by atoms with Crippen LogP contribution in [0.25, 0.3) is 22.3 Å². The number of benzene rings is 4. The number of ether oxygens (including phenoxy) is 1. The number of aryl methyl sites for hydroxylation is 1. The second kappa shape index (κ2) is 12.5. The third-order valence-electron chi connectivity index (χ3n) is 8.10. The molecule has 1 atom stereocenters. The van der Waals surface area contributed by atoms with Gasteiger partial charge in [0.1, 0.15) is 11.6 Å². The highest BCUT2D eigenvalue weighted by atomic mass is 79.9. The van der Waals surface area contributed by atoms with Crippen molar-refractivity contribution in [3.8, 4) is 22.9 Å². The molecule has 47 heavy (non-hydrogen) atoms. The van der Waals surface area contributed by atoms with E-state index >= 15 is 8.78 Å². The number of halogens is 3. The van der Waals surface area contributed by atoms with E-state index in [9.17, 15) is 13.5 Å². The average molecular weight is 720 g/mol.